The van der Waals surface area contributed by atoms with Crippen LogP contribution in [0, 0.1) is 6.92 Å². The molecule has 0 aliphatic rings. The molecular formula is C9H7ClN2O5S2. The van der Waals surface area contributed by atoms with E-state index in [4.69, 9.17) is 26.4 Å². The Morgan fingerprint density at radius 1 is 1.58 bits per heavy atom. The molecule has 0 spiro atoms. The Morgan fingerprint density at radius 3 is 2.63 bits per heavy atom. The van der Waals surface area contributed by atoms with Crippen molar-refractivity contribution >= 4 is 38.9 Å². The molecule has 0 saturated carbocycles. The molecule has 0 fully saturated rings. The van der Waals surface area contributed by atoms with E-state index < -0.39 is 25.8 Å². The SMILES string of the molecule is Cc1noc(-c2csc(C(=O)O)c2S(N)(=O)=O)c1Cl. The number of carbonyl (C=O) groups is 1. The van der Waals surface area contributed by atoms with Gasteiger partial charge < -0.3 is 9.63 Å². The Bertz CT molecular complexity index is 762. The van der Waals surface area contributed by atoms with Crippen molar-refractivity contribution < 1.29 is 22.8 Å². The topological polar surface area (TPSA) is 123 Å². The van der Waals surface area contributed by atoms with Crippen molar-refractivity contribution in [2.75, 3.05) is 0 Å². The molecule has 0 bridgehead atoms. The average Bonchev–Trinajstić information content (AvgIpc) is 2.83. The van der Waals surface area contributed by atoms with Gasteiger partial charge in [0.25, 0.3) is 0 Å². The minimum absolute atomic E-state index is 0.00417. The normalized spacial score (nSPS) is 11.7. The van der Waals surface area contributed by atoms with Crippen LogP contribution in [-0.2, 0) is 10.0 Å². The molecule has 19 heavy (non-hydrogen) atoms. The smallest absolute Gasteiger partial charge is 0.347 e. The molecule has 0 atom stereocenters. The van der Waals surface area contributed by atoms with Crippen molar-refractivity contribution in [1.29, 1.82) is 0 Å². The van der Waals surface area contributed by atoms with Crippen molar-refractivity contribution in [3.63, 3.8) is 0 Å². The van der Waals surface area contributed by atoms with E-state index in [2.05, 4.69) is 5.16 Å². The Labute approximate surface area is 116 Å². The van der Waals surface area contributed by atoms with Crippen molar-refractivity contribution in [2.45, 2.75) is 11.8 Å². The average molecular weight is 323 g/mol. The summed E-state index contributed by atoms with van der Waals surface area (Å²) in [5.74, 6) is -1.42. The van der Waals surface area contributed by atoms with Gasteiger partial charge in [0.2, 0.25) is 10.0 Å². The summed E-state index contributed by atoms with van der Waals surface area (Å²) in [6, 6.07) is 0. The number of hydrogen-bond acceptors (Lipinski definition) is 6. The lowest BCUT2D eigenvalue weighted by atomic mass is 10.2. The Kier molecular flexibility index (Phi) is 3.39. The zero-order valence-electron chi connectivity index (χ0n) is 9.38. The van der Waals surface area contributed by atoms with E-state index in [-0.39, 0.29) is 16.3 Å². The van der Waals surface area contributed by atoms with Crippen LogP contribution in [-0.4, -0.2) is 24.7 Å². The van der Waals surface area contributed by atoms with Crippen LogP contribution < -0.4 is 5.14 Å². The van der Waals surface area contributed by atoms with Gasteiger partial charge in [0, 0.05) is 5.38 Å². The summed E-state index contributed by atoms with van der Waals surface area (Å²) < 4.78 is 28.0. The number of aromatic carboxylic acids is 1. The first-order chi connectivity index (χ1) is 8.73. The fourth-order valence-electron chi connectivity index (χ4n) is 1.46. The predicted octanol–water partition coefficient (Wildman–Crippen LogP) is 1.71. The minimum atomic E-state index is -4.24. The standard InChI is InChI=1S/C9H7ClN2O5S2/c1-3-5(10)6(17-12-3)4-2-18-7(9(13)14)8(4)19(11,15)16/h2H,1H3,(H,13,14)(H2,11,15,16). The summed E-state index contributed by atoms with van der Waals surface area (Å²) in [7, 11) is -4.24. The fourth-order valence-corrected chi connectivity index (χ4v) is 3.78. The summed E-state index contributed by atoms with van der Waals surface area (Å²) in [5.41, 5.74) is 0.357. The van der Waals surface area contributed by atoms with Crippen LogP contribution in [0.3, 0.4) is 0 Å². The number of halogens is 1. The van der Waals surface area contributed by atoms with Crippen molar-refractivity contribution in [2.24, 2.45) is 5.14 Å². The molecule has 0 amide bonds. The van der Waals surface area contributed by atoms with Gasteiger partial charge in [-0.3, -0.25) is 0 Å². The summed E-state index contributed by atoms with van der Waals surface area (Å²) in [5, 5.41) is 19.0. The first-order valence-corrected chi connectivity index (χ1v) is 7.53. The van der Waals surface area contributed by atoms with Crippen molar-refractivity contribution in [1.82, 2.24) is 5.16 Å². The van der Waals surface area contributed by atoms with E-state index >= 15 is 0 Å². The monoisotopic (exact) mass is 322 g/mol. The van der Waals surface area contributed by atoms with Gasteiger partial charge in [-0.1, -0.05) is 16.8 Å². The molecule has 2 heterocycles. The number of aromatic nitrogens is 1. The number of primary sulfonamides is 1. The van der Waals surface area contributed by atoms with E-state index in [0.717, 1.165) is 11.3 Å². The molecule has 0 aliphatic carbocycles. The van der Waals surface area contributed by atoms with Crippen molar-refractivity contribution in [3.8, 4) is 11.3 Å². The van der Waals surface area contributed by atoms with Gasteiger partial charge in [0.15, 0.2) is 5.76 Å². The number of carboxylic acid groups (broad SMARTS) is 1. The summed E-state index contributed by atoms with van der Waals surface area (Å²) >= 11 is 6.64. The van der Waals surface area contributed by atoms with Crippen LogP contribution in [0.25, 0.3) is 11.3 Å². The largest absolute Gasteiger partial charge is 0.477 e. The van der Waals surface area contributed by atoms with Gasteiger partial charge in [-0.2, -0.15) is 0 Å². The van der Waals surface area contributed by atoms with Crippen molar-refractivity contribution in [3.05, 3.63) is 21.0 Å². The van der Waals surface area contributed by atoms with Gasteiger partial charge in [-0.05, 0) is 6.92 Å². The van der Waals surface area contributed by atoms with E-state index in [1.807, 2.05) is 0 Å². The Hall–Kier alpha value is -1.42. The van der Waals surface area contributed by atoms with E-state index in [0.29, 0.717) is 5.69 Å². The summed E-state index contributed by atoms with van der Waals surface area (Å²) in [6.45, 7) is 1.57. The lowest BCUT2D eigenvalue weighted by Gasteiger charge is -2.00. The fraction of sp³-hybridized carbons (Fsp3) is 0.111. The molecule has 3 N–H and O–H groups in total. The second-order valence-electron chi connectivity index (χ2n) is 3.57. The number of thiophene rings is 1. The number of aryl methyl sites for hydroxylation is 1. The van der Waals surface area contributed by atoms with Gasteiger partial charge >= 0.3 is 5.97 Å². The second-order valence-corrected chi connectivity index (χ2v) is 6.32. The molecule has 7 nitrogen and oxygen atoms in total. The molecular weight excluding hydrogens is 316 g/mol. The Morgan fingerprint density at radius 2 is 2.21 bits per heavy atom. The lowest BCUT2D eigenvalue weighted by molar-refractivity contribution is 0.0698. The van der Waals surface area contributed by atoms with Gasteiger partial charge in [0.05, 0.1) is 11.3 Å². The molecule has 2 aromatic heterocycles. The zero-order chi connectivity index (χ0) is 14.4. The summed E-state index contributed by atoms with van der Waals surface area (Å²) in [6.07, 6.45) is 0. The minimum Gasteiger partial charge on any atom is -0.477 e. The number of hydrogen-bond donors (Lipinski definition) is 2. The Balaban J connectivity index is 2.80. The molecule has 0 saturated heterocycles. The highest BCUT2D eigenvalue weighted by atomic mass is 35.5. The van der Waals surface area contributed by atoms with Crippen LogP contribution in [0.2, 0.25) is 5.02 Å². The third kappa shape index (κ3) is 2.37. The maximum atomic E-state index is 11.5. The first-order valence-electron chi connectivity index (χ1n) is 4.73. The lowest BCUT2D eigenvalue weighted by Crippen LogP contribution is -2.15. The van der Waals surface area contributed by atoms with Crippen LogP contribution in [0.15, 0.2) is 14.8 Å². The van der Waals surface area contributed by atoms with E-state index in [1.54, 1.807) is 6.92 Å². The molecule has 0 aromatic carbocycles. The maximum absolute atomic E-state index is 11.5. The molecule has 10 heteroatoms. The first kappa shape index (κ1) is 14.0. The van der Waals surface area contributed by atoms with Gasteiger partial charge in [0.1, 0.15) is 14.8 Å². The van der Waals surface area contributed by atoms with Gasteiger partial charge in [-0.25, -0.2) is 18.4 Å². The molecule has 2 aromatic rings. The molecule has 0 aliphatic heterocycles. The predicted molar refractivity (Wildman–Crippen MR) is 67.9 cm³/mol. The molecule has 0 unspecified atom stereocenters. The highest BCUT2D eigenvalue weighted by Crippen LogP contribution is 2.39. The van der Waals surface area contributed by atoms with Gasteiger partial charge in [-0.15, -0.1) is 11.3 Å². The van der Waals surface area contributed by atoms with Crippen LogP contribution in [0.5, 0.6) is 0 Å². The number of carboxylic acids is 1. The number of nitrogens with two attached hydrogens (primary N) is 1. The summed E-state index contributed by atoms with van der Waals surface area (Å²) in [4.78, 5) is 10.1. The zero-order valence-corrected chi connectivity index (χ0v) is 11.8. The second kappa shape index (κ2) is 4.60. The third-order valence-corrected chi connectivity index (χ3v) is 4.80. The van der Waals surface area contributed by atoms with Crippen LogP contribution in [0.4, 0.5) is 0 Å². The van der Waals surface area contributed by atoms with Crippen LogP contribution in [0.1, 0.15) is 15.4 Å². The van der Waals surface area contributed by atoms with E-state index in [9.17, 15) is 13.2 Å². The molecule has 102 valence electrons. The van der Waals surface area contributed by atoms with Crippen LogP contribution >= 0.6 is 22.9 Å². The highest BCUT2D eigenvalue weighted by Gasteiger charge is 2.29. The number of rotatable bonds is 3. The molecule has 2 rings (SSSR count). The molecule has 0 radical (unpaired) electrons. The van der Waals surface area contributed by atoms with E-state index in [1.165, 1.54) is 5.38 Å². The maximum Gasteiger partial charge on any atom is 0.347 e. The quantitative estimate of drug-likeness (QED) is 0.886. The third-order valence-electron chi connectivity index (χ3n) is 2.26. The number of sulfonamides is 1. The highest BCUT2D eigenvalue weighted by molar-refractivity contribution is 7.89. The number of nitrogens with zero attached hydrogens (tertiary/aromatic N) is 1.